The molecule has 2 amide bonds. The van der Waals surface area contributed by atoms with E-state index >= 15 is 0 Å². The molecule has 1 N–H and O–H groups in total. The van der Waals surface area contributed by atoms with Crippen LogP contribution in [0, 0.1) is 11.2 Å². The Morgan fingerprint density at radius 1 is 1.10 bits per heavy atom. The molecule has 3 heterocycles. The summed E-state index contributed by atoms with van der Waals surface area (Å²) in [5.74, 6) is -0.980. The SMILES string of the molecule is CN1CCCn2c(-c3cc(Cl)ccc3F)nc(C(=O)NC(C(=O)N3CCN(S(C)(=O)=O)CC3)C(C)(C)C)c2C1. The van der Waals surface area contributed by atoms with Gasteiger partial charge in [-0.25, -0.2) is 17.8 Å². The molecule has 1 unspecified atom stereocenters. The first-order valence-corrected chi connectivity index (χ1v) is 15.2. The number of piperazine rings is 1. The topological polar surface area (TPSA) is 108 Å². The summed E-state index contributed by atoms with van der Waals surface area (Å²) >= 11 is 6.17. The summed E-state index contributed by atoms with van der Waals surface area (Å²) in [6.45, 7) is 8.21. The molecule has 0 aliphatic carbocycles. The van der Waals surface area contributed by atoms with E-state index in [4.69, 9.17) is 11.6 Å². The van der Waals surface area contributed by atoms with Gasteiger partial charge >= 0.3 is 0 Å². The van der Waals surface area contributed by atoms with E-state index in [1.165, 1.54) is 22.5 Å². The summed E-state index contributed by atoms with van der Waals surface area (Å²) in [6.07, 6.45) is 1.94. The molecule has 1 atom stereocenters. The van der Waals surface area contributed by atoms with Crippen molar-refractivity contribution in [2.45, 2.75) is 46.3 Å². The molecule has 1 saturated heterocycles. The first kappa shape index (κ1) is 29.4. The zero-order valence-corrected chi connectivity index (χ0v) is 24.6. The number of carbonyl (C=O) groups is 2. The number of sulfonamides is 1. The number of nitrogens with zero attached hydrogens (tertiary/aromatic N) is 5. The van der Waals surface area contributed by atoms with Crippen molar-refractivity contribution in [3.63, 3.8) is 0 Å². The van der Waals surface area contributed by atoms with Crippen LogP contribution in [0.2, 0.25) is 5.02 Å². The number of benzene rings is 1. The molecule has 1 fully saturated rings. The maximum atomic E-state index is 14.9. The minimum atomic E-state index is -3.35. The number of fused-ring (bicyclic) bond motifs is 1. The standard InChI is InChI=1S/C26H36ClFN6O4S/c1-26(2,3)22(25(36)32-11-13-33(14-12-32)39(5,37)38)30-24(35)21-20-16-31(4)9-6-10-34(20)23(29-21)18-15-17(27)7-8-19(18)28/h7-8,15,22H,6,9-14,16H2,1-5H3,(H,30,35). The van der Waals surface area contributed by atoms with Crippen LogP contribution < -0.4 is 5.32 Å². The van der Waals surface area contributed by atoms with E-state index in [9.17, 15) is 22.4 Å². The molecule has 0 bridgehead atoms. The van der Waals surface area contributed by atoms with Gasteiger partial charge in [0.05, 0.1) is 17.5 Å². The van der Waals surface area contributed by atoms with E-state index in [1.54, 1.807) is 4.90 Å². The predicted molar refractivity (Wildman–Crippen MR) is 147 cm³/mol. The summed E-state index contributed by atoms with van der Waals surface area (Å²) in [6, 6.07) is 3.35. The Morgan fingerprint density at radius 2 is 1.77 bits per heavy atom. The van der Waals surface area contributed by atoms with Crippen molar-refractivity contribution in [3.8, 4) is 11.4 Å². The fraction of sp³-hybridized carbons (Fsp3) is 0.577. The van der Waals surface area contributed by atoms with Gasteiger partial charge in [-0.1, -0.05) is 32.4 Å². The first-order chi connectivity index (χ1) is 18.2. The zero-order chi connectivity index (χ0) is 28.7. The lowest BCUT2D eigenvalue weighted by molar-refractivity contribution is -0.137. The maximum Gasteiger partial charge on any atom is 0.272 e. The normalized spacial score (nSPS) is 18.4. The largest absolute Gasteiger partial charge is 0.338 e. The fourth-order valence-corrected chi connectivity index (χ4v) is 6.05. The number of aromatic nitrogens is 2. The zero-order valence-electron chi connectivity index (χ0n) is 23.0. The van der Waals surface area contributed by atoms with E-state index in [2.05, 4.69) is 15.2 Å². The second-order valence-electron chi connectivity index (χ2n) is 11.4. The van der Waals surface area contributed by atoms with Crippen LogP contribution in [0.5, 0.6) is 0 Å². The molecule has 1 aromatic carbocycles. The third kappa shape index (κ3) is 6.45. The van der Waals surface area contributed by atoms with Crippen molar-refractivity contribution in [2.24, 2.45) is 5.41 Å². The first-order valence-electron chi connectivity index (χ1n) is 12.9. The number of carbonyl (C=O) groups excluding carboxylic acids is 2. The third-order valence-corrected chi connectivity index (χ3v) is 8.74. The molecular formula is C26H36ClFN6O4S. The van der Waals surface area contributed by atoms with Crippen LogP contribution >= 0.6 is 11.6 Å². The summed E-state index contributed by atoms with van der Waals surface area (Å²) in [7, 11) is -1.40. The molecule has 2 aromatic rings. The number of imidazole rings is 1. The Kier molecular flexibility index (Phi) is 8.42. The van der Waals surface area contributed by atoms with Gasteiger partial charge in [-0.3, -0.25) is 9.59 Å². The van der Waals surface area contributed by atoms with Gasteiger partial charge in [0.1, 0.15) is 17.7 Å². The van der Waals surface area contributed by atoms with Crippen molar-refractivity contribution in [1.82, 2.24) is 29.0 Å². The third-order valence-electron chi connectivity index (χ3n) is 7.21. The van der Waals surface area contributed by atoms with Crippen molar-refractivity contribution in [3.05, 3.63) is 40.4 Å². The lowest BCUT2D eigenvalue weighted by Gasteiger charge is -2.38. The molecule has 0 spiro atoms. The lowest BCUT2D eigenvalue weighted by atomic mass is 9.85. The maximum absolute atomic E-state index is 14.9. The van der Waals surface area contributed by atoms with Crippen molar-refractivity contribution >= 4 is 33.4 Å². The highest BCUT2D eigenvalue weighted by molar-refractivity contribution is 7.88. The average Bonchev–Trinajstić information content (AvgIpc) is 3.08. The van der Waals surface area contributed by atoms with Crippen LogP contribution in [0.1, 0.15) is 43.4 Å². The van der Waals surface area contributed by atoms with E-state index < -0.39 is 33.2 Å². The number of halogens is 2. The van der Waals surface area contributed by atoms with E-state index in [0.717, 1.165) is 19.2 Å². The molecule has 4 rings (SSSR count). The number of amides is 2. The second-order valence-corrected chi connectivity index (χ2v) is 13.8. The Hall–Kier alpha value is -2.54. The van der Waals surface area contributed by atoms with Gasteiger partial charge < -0.3 is 19.7 Å². The van der Waals surface area contributed by atoms with Crippen molar-refractivity contribution in [1.29, 1.82) is 0 Å². The van der Waals surface area contributed by atoms with Crippen LogP contribution in [0.25, 0.3) is 11.4 Å². The summed E-state index contributed by atoms with van der Waals surface area (Å²) in [4.78, 5) is 35.7. The fourth-order valence-electron chi connectivity index (χ4n) is 5.05. The molecule has 10 nitrogen and oxygen atoms in total. The molecule has 39 heavy (non-hydrogen) atoms. The molecule has 1 aromatic heterocycles. The summed E-state index contributed by atoms with van der Waals surface area (Å²) in [5, 5.41) is 3.27. The number of nitrogens with one attached hydrogen (secondary N) is 1. The van der Waals surface area contributed by atoms with Crippen molar-refractivity contribution in [2.75, 3.05) is 46.0 Å². The van der Waals surface area contributed by atoms with Crippen LogP contribution in [-0.4, -0.2) is 96.0 Å². The summed E-state index contributed by atoms with van der Waals surface area (Å²) in [5.41, 5.74) is 0.348. The van der Waals surface area contributed by atoms with Gasteiger partial charge in [0, 0.05) is 44.3 Å². The van der Waals surface area contributed by atoms with Crippen molar-refractivity contribution < 1.29 is 22.4 Å². The van der Waals surface area contributed by atoms with Crippen LogP contribution in [-0.2, 0) is 27.9 Å². The molecule has 0 saturated carbocycles. The molecule has 13 heteroatoms. The lowest BCUT2D eigenvalue weighted by Crippen LogP contribution is -2.59. The van der Waals surface area contributed by atoms with E-state index in [1.807, 2.05) is 32.4 Å². The van der Waals surface area contributed by atoms with E-state index in [-0.39, 0.29) is 43.3 Å². The Balaban J connectivity index is 1.66. The number of hydrogen-bond acceptors (Lipinski definition) is 6. The highest BCUT2D eigenvalue weighted by Crippen LogP contribution is 2.30. The van der Waals surface area contributed by atoms with Crippen LogP contribution in [0.3, 0.4) is 0 Å². The molecular weight excluding hydrogens is 547 g/mol. The molecule has 214 valence electrons. The van der Waals surface area contributed by atoms with Gasteiger partial charge in [-0.15, -0.1) is 0 Å². The quantitative estimate of drug-likeness (QED) is 0.580. The molecule has 2 aliphatic heterocycles. The minimum Gasteiger partial charge on any atom is -0.338 e. The smallest absolute Gasteiger partial charge is 0.272 e. The second kappa shape index (κ2) is 11.1. The number of hydrogen-bond donors (Lipinski definition) is 1. The molecule has 2 aliphatic rings. The van der Waals surface area contributed by atoms with E-state index in [0.29, 0.717) is 29.6 Å². The van der Waals surface area contributed by atoms with Gasteiger partial charge in [0.15, 0.2) is 5.69 Å². The van der Waals surface area contributed by atoms with Gasteiger partial charge in [-0.2, -0.15) is 4.31 Å². The van der Waals surface area contributed by atoms with Gasteiger partial charge in [0.2, 0.25) is 15.9 Å². The monoisotopic (exact) mass is 582 g/mol. The average molecular weight is 583 g/mol. The predicted octanol–water partition coefficient (Wildman–Crippen LogP) is 2.43. The molecule has 0 radical (unpaired) electrons. The Labute approximate surface area is 234 Å². The highest BCUT2D eigenvalue weighted by atomic mass is 35.5. The Morgan fingerprint density at radius 3 is 2.38 bits per heavy atom. The summed E-state index contributed by atoms with van der Waals surface area (Å²) < 4.78 is 41.9. The van der Waals surface area contributed by atoms with Crippen LogP contribution in [0.4, 0.5) is 4.39 Å². The highest BCUT2D eigenvalue weighted by Gasteiger charge is 2.39. The van der Waals surface area contributed by atoms with Gasteiger partial charge in [-0.05, 0) is 43.6 Å². The van der Waals surface area contributed by atoms with Gasteiger partial charge in [0.25, 0.3) is 5.91 Å². The van der Waals surface area contributed by atoms with Crippen LogP contribution in [0.15, 0.2) is 18.2 Å². The Bertz CT molecular complexity index is 1370. The number of rotatable bonds is 5. The minimum absolute atomic E-state index is 0.141.